The molecule has 1 aromatic rings. The number of aryl methyl sites for hydroxylation is 1. The number of hydrogen-bond donors (Lipinski definition) is 2. The fourth-order valence-corrected chi connectivity index (χ4v) is 5.70. The Morgan fingerprint density at radius 2 is 1.83 bits per heavy atom. The number of hydrogen-bond acceptors (Lipinski definition) is 4. The molecule has 0 spiro atoms. The zero-order valence-electron chi connectivity index (χ0n) is 19.3. The SMILES string of the molecule is Cc1ccc2c(c1)P(C)(=O)N=C(C1=C(O)C(C(C)(C)C)N(CCC(C)(C)C)C1=O)N2. The molecule has 0 bridgehead atoms. The Labute approximate surface area is 179 Å². The Kier molecular flexibility index (Phi) is 5.47. The van der Waals surface area contributed by atoms with Gasteiger partial charge in [0.2, 0.25) is 7.29 Å². The second-order valence-electron chi connectivity index (χ2n) is 10.8. The largest absolute Gasteiger partial charge is 0.509 e. The van der Waals surface area contributed by atoms with Gasteiger partial charge in [-0.15, -0.1) is 0 Å². The van der Waals surface area contributed by atoms with Crippen LogP contribution in [0.4, 0.5) is 5.69 Å². The summed E-state index contributed by atoms with van der Waals surface area (Å²) in [5.41, 5.74) is 1.50. The average Bonchev–Trinajstić information content (AvgIpc) is 2.82. The van der Waals surface area contributed by atoms with E-state index >= 15 is 0 Å². The second-order valence-corrected chi connectivity index (χ2v) is 13.3. The highest BCUT2D eigenvalue weighted by molar-refractivity contribution is 7.70. The smallest absolute Gasteiger partial charge is 0.261 e. The van der Waals surface area contributed by atoms with E-state index in [-0.39, 0.29) is 33.9 Å². The van der Waals surface area contributed by atoms with Gasteiger partial charge in [0, 0.05) is 13.2 Å². The minimum atomic E-state index is -3.08. The van der Waals surface area contributed by atoms with Crippen molar-refractivity contribution in [3.8, 4) is 0 Å². The third-order valence-electron chi connectivity index (χ3n) is 5.61. The molecule has 3 rings (SSSR count). The van der Waals surface area contributed by atoms with Crippen LogP contribution in [0.2, 0.25) is 0 Å². The summed E-state index contributed by atoms with van der Waals surface area (Å²) in [5, 5.41) is 15.0. The van der Waals surface area contributed by atoms with Gasteiger partial charge in [0.1, 0.15) is 17.2 Å². The van der Waals surface area contributed by atoms with Crippen LogP contribution in [0.1, 0.15) is 53.5 Å². The predicted molar refractivity (Wildman–Crippen MR) is 124 cm³/mol. The van der Waals surface area contributed by atoms with Crippen molar-refractivity contribution in [1.82, 2.24) is 4.90 Å². The van der Waals surface area contributed by atoms with Crippen LogP contribution in [0.5, 0.6) is 0 Å². The van der Waals surface area contributed by atoms with Crippen LogP contribution in [0.15, 0.2) is 34.3 Å². The summed E-state index contributed by atoms with van der Waals surface area (Å²) in [6, 6.07) is 5.18. The molecule has 2 N–H and O–H groups in total. The van der Waals surface area contributed by atoms with Gasteiger partial charge < -0.3 is 15.3 Å². The maximum Gasteiger partial charge on any atom is 0.261 e. The van der Waals surface area contributed by atoms with E-state index in [9.17, 15) is 14.5 Å². The van der Waals surface area contributed by atoms with E-state index in [2.05, 4.69) is 30.9 Å². The Bertz CT molecular complexity index is 996. The molecule has 0 saturated carbocycles. The van der Waals surface area contributed by atoms with Gasteiger partial charge in [0.05, 0.1) is 17.0 Å². The van der Waals surface area contributed by atoms with Crippen molar-refractivity contribution in [2.24, 2.45) is 15.6 Å². The summed E-state index contributed by atoms with van der Waals surface area (Å²) in [4.78, 5) is 15.2. The number of benzene rings is 1. The van der Waals surface area contributed by atoms with Crippen molar-refractivity contribution in [1.29, 1.82) is 0 Å². The molecule has 30 heavy (non-hydrogen) atoms. The molecule has 164 valence electrons. The van der Waals surface area contributed by atoms with Gasteiger partial charge in [-0.05, 0) is 36.3 Å². The first-order valence-electron chi connectivity index (χ1n) is 10.4. The zero-order chi connectivity index (χ0) is 22.6. The molecule has 2 unspecified atom stereocenters. The standard InChI is InChI=1S/C23H34N3O3P/c1-14-9-10-15-16(13-14)30(8,29)25-20(24-15)17-18(27)19(23(5,6)7)26(21(17)28)12-11-22(2,3)4/h9-10,13,19,27H,11-12H2,1-8H3,(H,24,25,29). The molecular formula is C23H34N3O3P. The van der Waals surface area contributed by atoms with Crippen LogP contribution in [0.3, 0.4) is 0 Å². The van der Waals surface area contributed by atoms with Crippen molar-refractivity contribution < 1.29 is 14.5 Å². The number of aliphatic hydroxyl groups is 1. The molecular weight excluding hydrogens is 397 g/mol. The highest BCUT2D eigenvalue weighted by Crippen LogP contribution is 2.48. The first kappa shape index (κ1) is 22.6. The van der Waals surface area contributed by atoms with Crippen molar-refractivity contribution in [3.05, 3.63) is 35.1 Å². The van der Waals surface area contributed by atoms with Crippen LogP contribution in [-0.4, -0.2) is 41.0 Å². The first-order valence-corrected chi connectivity index (χ1v) is 12.5. The number of fused-ring (bicyclic) bond motifs is 1. The number of carbonyl (C=O) groups excluding carboxylic acids is 1. The molecule has 0 aliphatic carbocycles. The maximum atomic E-state index is 13.5. The van der Waals surface area contributed by atoms with E-state index in [4.69, 9.17) is 0 Å². The molecule has 6 nitrogen and oxygen atoms in total. The Hall–Kier alpha value is -2.07. The molecule has 1 amide bonds. The van der Waals surface area contributed by atoms with Crippen molar-refractivity contribution in [3.63, 3.8) is 0 Å². The van der Waals surface area contributed by atoms with E-state index in [1.54, 1.807) is 11.6 Å². The van der Waals surface area contributed by atoms with Gasteiger partial charge in [-0.1, -0.05) is 53.2 Å². The van der Waals surface area contributed by atoms with E-state index in [0.29, 0.717) is 17.5 Å². The average molecular weight is 432 g/mol. The second kappa shape index (κ2) is 7.26. The topological polar surface area (TPSA) is 82.0 Å². The lowest BCUT2D eigenvalue weighted by Gasteiger charge is -2.36. The number of nitrogens with zero attached hydrogens (tertiary/aromatic N) is 2. The number of aliphatic hydroxyl groups excluding tert-OH is 1. The summed E-state index contributed by atoms with van der Waals surface area (Å²) in [7, 11) is -3.08. The number of nitrogens with one attached hydrogen (secondary N) is 1. The van der Waals surface area contributed by atoms with E-state index in [1.807, 2.05) is 45.9 Å². The van der Waals surface area contributed by atoms with E-state index in [1.165, 1.54) is 0 Å². The maximum absolute atomic E-state index is 13.5. The molecule has 0 radical (unpaired) electrons. The fourth-order valence-electron chi connectivity index (χ4n) is 4.04. The number of rotatable bonds is 3. The highest BCUT2D eigenvalue weighted by atomic mass is 31.2. The summed E-state index contributed by atoms with van der Waals surface area (Å²) >= 11 is 0. The molecule has 0 saturated heterocycles. The van der Waals surface area contributed by atoms with E-state index < -0.39 is 13.3 Å². The molecule has 1 aromatic carbocycles. The molecule has 2 atom stereocenters. The summed E-state index contributed by atoms with van der Waals surface area (Å²) < 4.78 is 17.8. The normalized spacial score (nSPS) is 24.7. The lowest BCUT2D eigenvalue weighted by atomic mass is 9.84. The number of carbonyl (C=O) groups is 1. The van der Waals surface area contributed by atoms with Gasteiger partial charge in [-0.25, -0.2) is 4.76 Å². The van der Waals surface area contributed by atoms with Crippen LogP contribution in [-0.2, 0) is 9.36 Å². The highest BCUT2D eigenvalue weighted by Gasteiger charge is 2.48. The first-order chi connectivity index (χ1) is 13.6. The van der Waals surface area contributed by atoms with Gasteiger partial charge in [0.15, 0.2) is 0 Å². The van der Waals surface area contributed by atoms with Crippen LogP contribution >= 0.6 is 7.29 Å². The van der Waals surface area contributed by atoms with Gasteiger partial charge >= 0.3 is 0 Å². The molecule has 0 fully saturated rings. The third-order valence-corrected chi connectivity index (χ3v) is 7.45. The molecule has 2 aliphatic rings. The number of anilines is 1. The number of amides is 1. The number of amidine groups is 1. The van der Waals surface area contributed by atoms with Crippen molar-refractivity contribution in [2.75, 3.05) is 18.5 Å². The quantitative estimate of drug-likeness (QED) is 0.670. The minimum Gasteiger partial charge on any atom is -0.509 e. The van der Waals surface area contributed by atoms with Crippen LogP contribution < -0.4 is 10.6 Å². The predicted octanol–water partition coefficient (Wildman–Crippen LogP) is 4.86. The molecule has 0 aromatic heterocycles. The van der Waals surface area contributed by atoms with Crippen LogP contribution in [0, 0.1) is 17.8 Å². The minimum absolute atomic E-state index is 0.00298. The Balaban J connectivity index is 2.06. The van der Waals surface area contributed by atoms with E-state index in [0.717, 1.165) is 12.0 Å². The molecule has 7 heteroatoms. The van der Waals surface area contributed by atoms with Crippen LogP contribution in [0.25, 0.3) is 0 Å². The fraction of sp³-hybridized carbons (Fsp3) is 0.565. The zero-order valence-corrected chi connectivity index (χ0v) is 20.2. The van der Waals surface area contributed by atoms with Crippen molar-refractivity contribution in [2.45, 2.75) is 60.9 Å². The third kappa shape index (κ3) is 4.20. The monoisotopic (exact) mass is 431 g/mol. The molecule has 2 aliphatic heterocycles. The Morgan fingerprint density at radius 1 is 1.20 bits per heavy atom. The van der Waals surface area contributed by atoms with Gasteiger partial charge in [-0.2, -0.15) is 0 Å². The summed E-state index contributed by atoms with van der Waals surface area (Å²) in [5.74, 6) is -0.0612. The van der Waals surface area contributed by atoms with Gasteiger partial charge in [-0.3, -0.25) is 9.36 Å². The lowest BCUT2D eigenvalue weighted by molar-refractivity contribution is -0.128. The molecule has 2 heterocycles. The van der Waals surface area contributed by atoms with Crippen molar-refractivity contribution >= 4 is 30.0 Å². The lowest BCUT2D eigenvalue weighted by Crippen LogP contribution is -2.45. The summed E-state index contributed by atoms with van der Waals surface area (Å²) in [6.45, 7) is 16.5. The van der Waals surface area contributed by atoms with Gasteiger partial charge in [0.25, 0.3) is 5.91 Å². The Morgan fingerprint density at radius 3 is 2.40 bits per heavy atom. The summed E-state index contributed by atoms with van der Waals surface area (Å²) in [6.07, 6.45) is 0.806.